The van der Waals surface area contributed by atoms with E-state index >= 15 is 0 Å². The number of rotatable bonds is 7. The molecule has 1 unspecified atom stereocenters. The summed E-state index contributed by atoms with van der Waals surface area (Å²) in [6.45, 7) is 6.72. The highest BCUT2D eigenvalue weighted by Gasteiger charge is 2.28. The second-order valence-electron chi connectivity index (χ2n) is 5.91. The maximum Gasteiger partial charge on any atom is 0.341 e. The minimum Gasteiger partial charge on any atom is -0.496 e. The van der Waals surface area contributed by atoms with Gasteiger partial charge in [-0.3, -0.25) is 4.90 Å². The Bertz CT molecular complexity index is 521. The fourth-order valence-electron chi connectivity index (χ4n) is 3.37. The van der Waals surface area contributed by atoms with E-state index in [4.69, 9.17) is 9.47 Å². The fraction of sp³-hybridized carbons (Fsp3) is 0.611. The van der Waals surface area contributed by atoms with Gasteiger partial charge in [-0.15, -0.1) is 0 Å². The lowest BCUT2D eigenvalue weighted by Gasteiger charge is -2.27. The molecule has 1 aromatic rings. The maximum atomic E-state index is 11.9. The van der Waals surface area contributed by atoms with E-state index in [1.807, 2.05) is 12.1 Å². The summed E-state index contributed by atoms with van der Waals surface area (Å²) in [5.41, 5.74) is 3.08. The molecule has 122 valence electrons. The van der Waals surface area contributed by atoms with Crippen LogP contribution < -0.4 is 4.74 Å². The summed E-state index contributed by atoms with van der Waals surface area (Å²) in [7, 11) is 3.00. The van der Waals surface area contributed by atoms with Gasteiger partial charge >= 0.3 is 5.97 Å². The Morgan fingerprint density at radius 2 is 1.73 bits per heavy atom. The van der Waals surface area contributed by atoms with Crippen LogP contribution in [0.25, 0.3) is 0 Å². The third-order valence-corrected chi connectivity index (χ3v) is 4.38. The quantitative estimate of drug-likeness (QED) is 0.726. The van der Waals surface area contributed by atoms with E-state index in [0.29, 0.717) is 17.4 Å². The van der Waals surface area contributed by atoms with Crippen LogP contribution in [0.15, 0.2) is 12.1 Å². The third-order valence-electron chi connectivity index (χ3n) is 4.38. The lowest BCUT2D eigenvalue weighted by atomic mass is 10.1. The monoisotopic (exact) mass is 305 g/mol. The summed E-state index contributed by atoms with van der Waals surface area (Å²) < 4.78 is 10.2. The molecule has 2 rings (SSSR count). The molecule has 1 atom stereocenters. The molecule has 0 radical (unpaired) electrons. The number of carbonyl (C=O) groups is 1. The largest absolute Gasteiger partial charge is 0.496 e. The Morgan fingerprint density at radius 3 is 2.23 bits per heavy atom. The summed E-state index contributed by atoms with van der Waals surface area (Å²) in [4.78, 5) is 14.5. The molecule has 22 heavy (non-hydrogen) atoms. The molecule has 0 aromatic heterocycles. The van der Waals surface area contributed by atoms with Crippen LogP contribution in [-0.4, -0.2) is 44.2 Å². The van der Waals surface area contributed by atoms with Gasteiger partial charge in [-0.1, -0.05) is 13.8 Å². The minimum absolute atomic E-state index is 0.331. The Kier molecular flexibility index (Phi) is 5.83. The summed E-state index contributed by atoms with van der Waals surface area (Å²) in [5.74, 6) is 0.283. The van der Waals surface area contributed by atoms with E-state index in [1.165, 1.54) is 31.1 Å². The highest BCUT2D eigenvalue weighted by atomic mass is 16.5. The Hall–Kier alpha value is -1.55. The first-order valence-electron chi connectivity index (χ1n) is 8.16. The second kappa shape index (κ2) is 7.63. The van der Waals surface area contributed by atoms with Crippen LogP contribution in [0.5, 0.6) is 5.75 Å². The second-order valence-corrected chi connectivity index (χ2v) is 5.91. The molecule has 0 amide bonds. The van der Waals surface area contributed by atoms with Crippen molar-refractivity contribution < 1.29 is 14.3 Å². The lowest BCUT2D eigenvalue weighted by Crippen LogP contribution is -2.37. The molecule has 0 saturated carbocycles. The standard InChI is InChI=1S/C18H27NO3/c1-5-7-19(8-6-2)15-9-13-11-16(18(20)22-4)17(21-3)12-14(13)10-15/h11-12,15H,5-10H2,1-4H3. The van der Waals surface area contributed by atoms with Crippen molar-refractivity contribution in [2.24, 2.45) is 0 Å². The smallest absolute Gasteiger partial charge is 0.341 e. The maximum absolute atomic E-state index is 11.9. The average Bonchev–Trinajstić information content (AvgIpc) is 2.95. The fourth-order valence-corrected chi connectivity index (χ4v) is 3.37. The molecule has 1 aromatic carbocycles. The van der Waals surface area contributed by atoms with Gasteiger partial charge in [0.2, 0.25) is 0 Å². The number of benzene rings is 1. The van der Waals surface area contributed by atoms with Gasteiger partial charge in [0.15, 0.2) is 0 Å². The van der Waals surface area contributed by atoms with Crippen LogP contribution in [0, 0.1) is 0 Å². The first kappa shape index (κ1) is 16.8. The molecule has 0 N–H and O–H groups in total. The normalized spacial score (nSPS) is 16.7. The zero-order valence-electron chi connectivity index (χ0n) is 14.1. The van der Waals surface area contributed by atoms with Gasteiger partial charge in [0, 0.05) is 6.04 Å². The Labute approximate surface area is 133 Å². The molecule has 0 aliphatic heterocycles. The molecule has 4 nitrogen and oxygen atoms in total. The number of hydrogen-bond acceptors (Lipinski definition) is 4. The highest BCUT2D eigenvalue weighted by Crippen LogP contribution is 2.32. The summed E-state index contributed by atoms with van der Waals surface area (Å²) in [5, 5.41) is 0. The first-order valence-corrected chi connectivity index (χ1v) is 8.16. The molecular weight excluding hydrogens is 278 g/mol. The number of esters is 1. The van der Waals surface area contributed by atoms with Crippen LogP contribution in [0.2, 0.25) is 0 Å². The lowest BCUT2D eigenvalue weighted by molar-refractivity contribution is 0.0597. The predicted molar refractivity (Wildman–Crippen MR) is 87.7 cm³/mol. The van der Waals surface area contributed by atoms with Gasteiger partial charge in [0.05, 0.1) is 14.2 Å². The van der Waals surface area contributed by atoms with Crippen LogP contribution >= 0.6 is 0 Å². The van der Waals surface area contributed by atoms with E-state index in [0.717, 1.165) is 25.9 Å². The van der Waals surface area contributed by atoms with Gasteiger partial charge in [-0.2, -0.15) is 0 Å². The SMILES string of the molecule is CCCN(CCC)C1Cc2cc(OC)c(C(=O)OC)cc2C1. The molecule has 4 heteroatoms. The first-order chi connectivity index (χ1) is 10.6. The van der Waals surface area contributed by atoms with Crippen LogP contribution in [0.1, 0.15) is 48.2 Å². The number of methoxy groups -OCH3 is 2. The number of fused-ring (bicyclic) bond motifs is 1. The van der Waals surface area contributed by atoms with Crippen molar-refractivity contribution in [3.05, 3.63) is 28.8 Å². The van der Waals surface area contributed by atoms with Gasteiger partial charge in [-0.05, 0) is 62.0 Å². The van der Waals surface area contributed by atoms with E-state index in [2.05, 4.69) is 18.7 Å². The Morgan fingerprint density at radius 1 is 1.14 bits per heavy atom. The Balaban J connectivity index is 2.24. The zero-order chi connectivity index (χ0) is 16.1. The van der Waals surface area contributed by atoms with Gasteiger partial charge in [0.1, 0.15) is 11.3 Å². The van der Waals surface area contributed by atoms with E-state index in [-0.39, 0.29) is 5.97 Å². The number of ether oxygens (including phenoxy) is 2. The van der Waals surface area contributed by atoms with Crippen molar-refractivity contribution in [3.8, 4) is 5.75 Å². The third kappa shape index (κ3) is 3.43. The van der Waals surface area contributed by atoms with Gasteiger partial charge in [0.25, 0.3) is 0 Å². The van der Waals surface area contributed by atoms with E-state index in [1.54, 1.807) is 7.11 Å². The molecule has 0 heterocycles. The molecular formula is C18H27NO3. The van der Waals surface area contributed by atoms with Crippen molar-refractivity contribution in [1.82, 2.24) is 4.90 Å². The molecule has 0 fully saturated rings. The molecule has 0 bridgehead atoms. The number of hydrogen-bond donors (Lipinski definition) is 0. The van der Waals surface area contributed by atoms with Crippen molar-refractivity contribution in [2.45, 2.75) is 45.6 Å². The zero-order valence-corrected chi connectivity index (χ0v) is 14.1. The predicted octanol–water partition coefficient (Wildman–Crippen LogP) is 3.07. The molecule has 1 aliphatic carbocycles. The van der Waals surface area contributed by atoms with Crippen molar-refractivity contribution >= 4 is 5.97 Å². The van der Waals surface area contributed by atoms with Crippen molar-refractivity contribution in [2.75, 3.05) is 27.3 Å². The summed E-state index contributed by atoms with van der Waals surface area (Å²) >= 11 is 0. The molecule has 1 aliphatic rings. The van der Waals surface area contributed by atoms with Crippen LogP contribution in [0.3, 0.4) is 0 Å². The number of carbonyl (C=O) groups excluding carboxylic acids is 1. The average molecular weight is 305 g/mol. The minimum atomic E-state index is -0.331. The van der Waals surface area contributed by atoms with E-state index < -0.39 is 0 Å². The van der Waals surface area contributed by atoms with Crippen molar-refractivity contribution in [1.29, 1.82) is 0 Å². The highest BCUT2D eigenvalue weighted by molar-refractivity contribution is 5.93. The van der Waals surface area contributed by atoms with Crippen molar-refractivity contribution in [3.63, 3.8) is 0 Å². The van der Waals surface area contributed by atoms with E-state index in [9.17, 15) is 4.79 Å². The van der Waals surface area contributed by atoms with Gasteiger partial charge in [-0.25, -0.2) is 4.79 Å². The van der Waals surface area contributed by atoms with Crippen LogP contribution in [0.4, 0.5) is 0 Å². The molecule has 0 spiro atoms. The topological polar surface area (TPSA) is 38.8 Å². The number of nitrogens with zero attached hydrogens (tertiary/aromatic N) is 1. The van der Waals surface area contributed by atoms with Gasteiger partial charge < -0.3 is 9.47 Å². The summed E-state index contributed by atoms with van der Waals surface area (Å²) in [6.07, 6.45) is 4.38. The summed E-state index contributed by atoms with van der Waals surface area (Å²) in [6, 6.07) is 4.50. The molecule has 0 saturated heterocycles. The van der Waals surface area contributed by atoms with Crippen LogP contribution in [-0.2, 0) is 17.6 Å².